The Morgan fingerprint density at radius 1 is 1.04 bits per heavy atom. The van der Waals surface area contributed by atoms with Crippen molar-refractivity contribution < 1.29 is 19.1 Å². The van der Waals surface area contributed by atoms with Crippen molar-refractivity contribution in [2.24, 2.45) is 0 Å². The fourth-order valence-corrected chi connectivity index (χ4v) is 2.90. The number of nitrogens with one attached hydrogen (secondary N) is 2. The van der Waals surface area contributed by atoms with Crippen LogP contribution in [-0.4, -0.2) is 42.2 Å². The summed E-state index contributed by atoms with van der Waals surface area (Å²) in [6.45, 7) is 7.96. The van der Waals surface area contributed by atoms with Crippen LogP contribution in [0.5, 0.6) is 0 Å². The minimum absolute atomic E-state index is 0.0960. The average molecular weight is 352 g/mol. The van der Waals surface area contributed by atoms with E-state index < -0.39 is 12.1 Å². The topological polar surface area (TPSA) is 84.5 Å². The van der Waals surface area contributed by atoms with Crippen molar-refractivity contribution in [2.75, 3.05) is 13.1 Å². The average Bonchev–Trinajstić information content (AvgIpc) is 2.55. The van der Waals surface area contributed by atoms with Gasteiger partial charge < -0.3 is 15.4 Å². The van der Waals surface area contributed by atoms with Gasteiger partial charge in [-0.25, -0.2) is 4.79 Å². The Labute approximate surface area is 146 Å². The molecule has 0 aromatic heterocycles. The van der Waals surface area contributed by atoms with Crippen molar-refractivity contribution in [3.63, 3.8) is 0 Å². The Hall–Kier alpha value is -2.02. The summed E-state index contributed by atoms with van der Waals surface area (Å²) in [5.74, 6) is -1.02. The standard InChI is InChI=1S/C17H24N2O4S/c1-5-18-15(20)11(3)23-17(22)13-9-7-8-10-14(13)24-12(4)16(21)19-6-2/h7-12H,5-6H2,1-4H3,(H,18,20)(H,19,21)/t11-,12+/m1/s1. The number of amides is 2. The van der Waals surface area contributed by atoms with Gasteiger partial charge in [0.25, 0.3) is 5.91 Å². The number of thioether (sulfide) groups is 1. The number of carbonyl (C=O) groups is 3. The first-order chi connectivity index (χ1) is 11.4. The first kappa shape index (κ1) is 20.0. The summed E-state index contributed by atoms with van der Waals surface area (Å²) in [6, 6.07) is 6.89. The second-order valence-electron chi connectivity index (χ2n) is 5.09. The number of hydrogen-bond donors (Lipinski definition) is 2. The lowest BCUT2D eigenvalue weighted by Crippen LogP contribution is -2.35. The molecule has 1 aromatic carbocycles. The summed E-state index contributed by atoms with van der Waals surface area (Å²) in [7, 11) is 0. The molecular weight excluding hydrogens is 328 g/mol. The summed E-state index contributed by atoms with van der Waals surface area (Å²) in [5.41, 5.74) is 0.342. The number of rotatable bonds is 8. The molecule has 0 bridgehead atoms. The predicted molar refractivity (Wildman–Crippen MR) is 94.0 cm³/mol. The van der Waals surface area contributed by atoms with E-state index in [2.05, 4.69) is 10.6 Å². The van der Waals surface area contributed by atoms with Crippen LogP contribution in [0.3, 0.4) is 0 Å². The molecule has 1 aromatic rings. The van der Waals surface area contributed by atoms with E-state index in [-0.39, 0.29) is 17.1 Å². The van der Waals surface area contributed by atoms with Crippen molar-refractivity contribution in [3.05, 3.63) is 29.8 Å². The highest BCUT2D eigenvalue weighted by molar-refractivity contribution is 8.00. The van der Waals surface area contributed by atoms with Crippen molar-refractivity contribution in [1.82, 2.24) is 10.6 Å². The minimum Gasteiger partial charge on any atom is -0.449 e. The number of benzene rings is 1. The number of ether oxygens (including phenoxy) is 1. The molecule has 1 rings (SSSR count). The highest BCUT2D eigenvalue weighted by Gasteiger charge is 2.22. The zero-order valence-electron chi connectivity index (χ0n) is 14.4. The van der Waals surface area contributed by atoms with Gasteiger partial charge in [0, 0.05) is 18.0 Å². The van der Waals surface area contributed by atoms with Gasteiger partial charge in [0.05, 0.1) is 10.8 Å². The molecule has 7 heteroatoms. The van der Waals surface area contributed by atoms with Gasteiger partial charge in [-0.1, -0.05) is 12.1 Å². The number of likely N-dealkylation sites (N-methyl/N-ethyl adjacent to an activating group) is 1. The fraction of sp³-hybridized carbons (Fsp3) is 0.471. The van der Waals surface area contributed by atoms with E-state index in [1.54, 1.807) is 38.1 Å². The van der Waals surface area contributed by atoms with E-state index in [4.69, 9.17) is 4.74 Å². The molecule has 0 saturated heterocycles. The summed E-state index contributed by atoms with van der Waals surface area (Å²) in [5, 5.41) is 5.00. The van der Waals surface area contributed by atoms with E-state index in [0.29, 0.717) is 23.5 Å². The third-order valence-corrected chi connectivity index (χ3v) is 4.31. The van der Waals surface area contributed by atoms with E-state index >= 15 is 0 Å². The Morgan fingerprint density at radius 3 is 2.25 bits per heavy atom. The third-order valence-electron chi connectivity index (χ3n) is 3.14. The molecule has 0 radical (unpaired) electrons. The van der Waals surface area contributed by atoms with Crippen LogP contribution in [0.25, 0.3) is 0 Å². The molecule has 2 amide bonds. The van der Waals surface area contributed by atoms with Crippen LogP contribution in [0, 0.1) is 0 Å². The smallest absolute Gasteiger partial charge is 0.340 e. The molecule has 0 aliphatic rings. The van der Waals surface area contributed by atoms with Crippen molar-refractivity contribution in [2.45, 2.75) is 43.9 Å². The Bertz CT molecular complexity index is 592. The molecule has 2 atom stereocenters. The van der Waals surface area contributed by atoms with Crippen LogP contribution in [-0.2, 0) is 14.3 Å². The van der Waals surface area contributed by atoms with Gasteiger partial charge in [-0.05, 0) is 39.8 Å². The fourth-order valence-electron chi connectivity index (χ4n) is 1.90. The molecule has 0 aliphatic carbocycles. The van der Waals surface area contributed by atoms with Crippen molar-refractivity contribution >= 4 is 29.5 Å². The maximum Gasteiger partial charge on any atom is 0.340 e. The van der Waals surface area contributed by atoms with Gasteiger partial charge in [-0.2, -0.15) is 0 Å². The summed E-state index contributed by atoms with van der Waals surface area (Å²) in [6.07, 6.45) is -0.878. The second-order valence-corrected chi connectivity index (χ2v) is 6.48. The van der Waals surface area contributed by atoms with Crippen LogP contribution in [0.4, 0.5) is 0 Å². The SMILES string of the molecule is CCNC(=O)[C@H](C)Sc1ccccc1C(=O)O[C@H](C)C(=O)NCC. The molecular formula is C17H24N2O4S. The van der Waals surface area contributed by atoms with Gasteiger partial charge in [0.1, 0.15) is 0 Å². The minimum atomic E-state index is -0.878. The highest BCUT2D eigenvalue weighted by atomic mass is 32.2. The van der Waals surface area contributed by atoms with Crippen LogP contribution in [0.2, 0.25) is 0 Å². The largest absolute Gasteiger partial charge is 0.449 e. The van der Waals surface area contributed by atoms with Gasteiger partial charge >= 0.3 is 5.97 Å². The van der Waals surface area contributed by atoms with Gasteiger partial charge in [0.2, 0.25) is 5.91 Å². The maximum absolute atomic E-state index is 12.3. The molecule has 0 aliphatic heterocycles. The molecule has 0 saturated carbocycles. The molecule has 0 heterocycles. The normalized spacial score (nSPS) is 12.8. The van der Waals surface area contributed by atoms with Crippen LogP contribution in [0.15, 0.2) is 29.2 Å². The maximum atomic E-state index is 12.3. The Balaban J connectivity index is 2.83. The quantitative estimate of drug-likeness (QED) is 0.552. The van der Waals surface area contributed by atoms with Gasteiger partial charge in [-0.3, -0.25) is 9.59 Å². The first-order valence-corrected chi connectivity index (χ1v) is 8.80. The van der Waals surface area contributed by atoms with E-state index in [1.807, 2.05) is 6.92 Å². The van der Waals surface area contributed by atoms with Crippen LogP contribution < -0.4 is 10.6 Å². The number of hydrogen-bond acceptors (Lipinski definition) is 5. The lowest BCUT2D eigenvalue weighted by molar-refractivity contribution is -0.129. The number of carbonyl (C=O) groups excluding carboxylic acids is 3. The molecule has 24 heavy (non-hydrogen) atoms. The zero-order valence-corrected chi connectivity index (χ0v) is 15.2. The van der Waals surface area contributed by atoms with Gasteiger partial charge in [0.15, 0.2) is 6.10 Å². The Morgan fingerprint density at radius 2 is 1.62 bits per heavy atom. The first-order valence-electron chi connectivity index (χ1n) is 7.92. The highest BCUT2D eigenvalue weighted by Crippen LogP contribution is 2.27. The zero-order chi connectivity index (χ0) is 18.1. The molecule has 6 nitrogen and oxygen atoms in total. The summed E-state index contributed by atoms with van der Waals surface area (Å²) >= 11 is 1.28. The molecule has 0 spiro atoms. The molecule has 0 unspecified atom stereocenters. The summed E-state index contributed by atoms with van der Waals surface area (Å²) < 4.78 is 5.22. The lowest BCUT2D eigenvalue weighted by Gasteiger charge is -2.16. The third kappa shape index (κ3) is 5.88. The Kier molecular flexibility index (Phi) is 8.32. The molecule has 132 valence electrons. The molecule has 2 N–H and O–H groups in total. The lowest BCUT2D eigenvalue weighted by atomic mass is 10.2. The monoisotopic (exact) mass is 352 g/mol. The van der Waals surface area contributed by atoms with Crippen molar-refractivity contribution in [1.29, 1.82) is 0 Å². The van der Waals surface area contributed by atoms with Crippen molar-refractivity contribution in [3.8, 4) is 0 Å². The van der Waals surface area contributed by atoms with E-state index in [0.717, 1.165) is 0 Å². The second kappa shape index (κ2) is 9.97. The number of esters is 1. The van der Waals surface area contributed by atoms with E-state index in [9.17, 15) is 14.4 Å². The predicted octanol–water partition coefficient (Wildman–Crippen LogP) is 1.98. The summed E-state index contributed by atoms with van der Waals surface area (Å²) in [4.78, 5) is 36.5. The van der Waals surface area contributed by atoms with E-state index in [1.165, 1.54) is 18.7 Å². The van der Waals surface area contributed by atoms with Crippen LogP contribution >= 0.6 is 11.8 Å². The molecule has 0 fully saturated rings. The van der Waals surface area contributed by atoms with Crippen LogP contribution in [0.1, 0.15) is 38.1 Å². The van der Waals surface area contributed by atoms with Gasteiger partial charge in [-0.15, -0.1) is 11.8 Å².